The summed E-state index contributed by atoms with van der Waals surface area (Å²) in [7, 11) is -0.153. The van der Waals surface area contributed by atoms with Gasteiger partial charge in [0.1, 0.15) is 0 Å². The van der Waals surface area contributed by atoms with Gasteiger partial charge in [0, 0.05) is 39.8 Å². The van der Waals surface area contributed by atoms with Crippen LogP contribution in [0.15, 0.2) is 34.2 Å². The van der Waals surface area contributed by atoms with E-state index < -0.39 is 10.0 Å². The zero-order valence-corrected chi connectivity index (χ0v) is 19.3. The van der Waals surface area contributed by atoms with Crippen molar-refractivity contribution in [1.29, 1.82) is 0 Å². The third-order valence-electron chi connectivity index (χ3n) is 3.75. The van der Waals surface area contributed by atoms with Crippen molar-refractivity contribution in [2.45, 2.75) is 38.3 Å². The maximum atomic E-state index is 12.4. The molecule has 0 aliphatic rings. The molecule has 26 heavy (non-hydrogen) atoms. The van der Waals surface area contributed by atoms with E-state index in [9.17, 15) is 8.42 Å². The Kier molecular flexibility index (Phi) is 12.0. The summed E-state index contributed by atoms with van der Waals surface area (Å²) in [5.41, 5.74) is 0.971. The minimum Gasteiger partial charge on any atom is -0.380 e. The number of nitrogens with one attached hydrogen (secondary N) is 2. The van der Waals surface area contributed by atoms with E-state index in [2.05, 4.69) is 15.6 Å². The van der Waals surface area contributed by atoms with Crippen LogP contribution in [0.2, 0.25) is 0 Å². The summed E-state index contributed by atoms with van der Waals surface area (Å²) in [4.78, 5) is 4.43. The number of nitrogens with zero attached hydrogens (tertiary/aromatic N) is 2. The van der Waals surface area contributed by atoms with Crippen LogP contribution in [0.1, 0.15) is 26.3 Å². The molecule has 0 atom stereocenters. The van der Waals surface area contributed by atoms with Gasteiger partial charge < -0.3 is 15.4 Å². The van der Waals surface area contributed by atoms with E-state index in [0.29, 0.717) is 37.2 Å². The van der Waals surface area contributed by atoms with Crippen molar-refractivity contribution in [1.82, 2.24) is 14.9 Å². The van der Waals surface area contributed by atoms with E-state index in [4.69, 9.17) is 4.74 Å². The first-order valence-corrected chi connectivity index (χ1v) is 9.86. The Bertz CT molecular complexity index is 648. The number of sulfonamides is 1. The molecule has 0 bridgehead atoms. The quantitative estimate of drug-likeness (QED) is 0.236. The average molecular weight is 498 g/mol. The second kappa shape index (κ2) is 12.5. The summed E-state index contributed by atoms with van der Waals surface area (Å²) in [5.74, 6) is 0.677. The molecular formula is C17H31IN4O3S. The fourth-order valence-electron chi connectivity index (χ4n) is 2.02. The molecule has 0 aliphatic carbocycles. The Morgan fingerprint density at radius 3 is 2.35 bits per heavy atom. The fourth-order valence-corrected chi connectivity index (χ4v) is 3.38. The number of guanidine groups is 1. The number of rotatable bonds is 9. The van der Waals surface area contributed by atoms with E-state index in [-0.39, 0.29) is 30.0 Å². The topological polar surface area (TPSA) is 83.0 Å². The number of ether oxygens (including phenoxy) is 1. The van der Waals surface area contributed by atoms with Crippen LogP contribution in [0.4, 0.5) is 0 Å². The van der Waals surface area contributed by atoms with Gasteiger partial charge in [0.2, 0.25) is 10.0 Å². The molecule has 0 saturated carbocycles. The van der Waals surface area contributed by atoms with Crippen LogP contribution < -0.4 is 10.6 Å². The Balaban J connectivity index is 0.00000625. The van der Waals surface area contributed by atoms with E-state index >= 15 is 0 Å². The molecule has 0 aliphatic heterocycles. The zero-order chi connectivity index (χ0) is 18.9. The Hall–Kier alpha value is -0.910. The van der Waals surface area contributed by atoms with Crippen molar-refractivity contribution < 1.29 is 13.2 Å². The molecule has 150 valence electrons. The highest BCUT2D eigenvalue weighted by molar-refractivity contribution is 14.0. The van der Waals surface area contributed by atoms with Crippen molar-refractivity contribution >= 4 is 40.0 Å². The van der Waals surface area contributed by atoms with Crippen LogP contribution in [0.25, 0.3) is 0 Å². The van der Waals surface area contributed by atoms with Crippen molar-refractivity contribution in [2.24, 2.45) is 4.99 Å². The summed E-state index contributed by atoms with van der Waals surface area (Å²) in [6.07, 6.45) is 0. The summed E-state index contributed by atoms with van der Waals surface area (Å²) in [6.45, 7) is 8.18. The highest BCUT2D eigenvalue weighted by Crippen LogP contribution is 2.17. The molecule has 2 N–H and O–H groups in total. The van der Waals surface area contributed by atoms with Crippen LogP contribution in [0.5, 0.6) is 0 Å². The number of aliphatic imine (C=N–C) groups is 1. The Morgan fingerprint density at radius 2 is 1.85 bits per heavy atom. The second-order valence-corrected chi connectivity index (χ2v) is 7.81. The molecule has 0 amide bonds. The van der Waals surface area contributed by atoms with E-state index in [1.165, 1.54) is 4.31 Å². The van der Waals surface area contributed by atoms with Gasteiger partial charge >= 0.3 is 0 Å². The van der Waals surface area contributed by atoms with Gasteiger partial charge in [0.25, 0.3) is 0 Å². The third-order valence-corrected chi connectivity index (χ3v) is 5.80. The molecule has 0 fully saturated rings. The summed E-state index contributed by atoms with van der Waals surface area (Å²) in [6, 6.07) is 6.80. The number of hydrogen-bond donors (Lipinski definition) is 2. The van der Waals surface area contributed by atoms with Gasteiger partial charge in [0.15, 0.2) is 5.96 Å². The molecule has 1 aromatic carbocycles. The number of benzene rings is 1. The lowest BCUT2D eigenvalue weighted by molar-refractivity contribution is 0.152. The molecule has 9 heteroatoms. The van der Waals surface area contributed by atoms with Gasteiger partial charge in [0.05, 0.1) is 11.5 Å². The van der Waals surface area contributed by atoms with Crippen molar-refractivity contribution in [2.75, 3.05) is 33.9 Å². The fraction of sp³-hybridized carbons (Fsp3) is 0.588. The molecule has 0 unspecified atom stereocenters. The monoisotopic (exact) mass is 498 g/mol. The van der Waals surface area contributed by atoms with Crippen LogP contribution in [0, 0.1) is 0 Å². The van der Waals surface area contributed by atoms with E-state index in [0.717, 1.165) is 5.56 Å². The van der Waals surface area contributed by atoms with Crippen LogP contribution in [-0.2, 0) is 21.3 Å². The van der Waals surface area contributed by atoms with Crippen LogP contribution in [0.3, 0.4) is 0 Å². The molecular weight excluding hydrogens is 467 g/mol. The average Bonchev–Trinajstić information content (AvgIpc) is 2.60. The van der Waals surface area contributed by atoms with Crippen molar-refractivity contribution in [3.8, 4) is 0 Å². The van der Waals surface area contributed by atoms with Gasteiger partial charge in [-0.05, 0) is 38.5 Å². The van der Waals surface area contributed by atoms with Gasteiger partial charge in [-0.15, -0.1) is 24.0 Å². The standard InChI is InChI=1S/C17H30N4O3S.HI/c1-6-24-12-11-19-17(18-4)20-13-15-7-9-16(10-8-15)25(22,23)21(5)14(2)3;/h7-10,14H,6,11-13H2,1-5H3,(H2,18,19,20);1H. The molecule has 1 aromatic rings. The Morgan fingerprint density at radius 1 is 1.23 bits per heavy atom. The molecule has 7 nitrogen and oxygen atoms in total. The first-order valence-electron chi connectivity index (χ1n) is 8.42. The smallest absolute Gasteiger partial charge is 0.243 e. The molecule has 1 rings (SSSR count). The van der Waals surface area contributed by atoms with Gasteiger partial charge in [-0.2, -0.15) is 4.31 Å². The second-order valence-electron chi connectivity index (χ2n) is 5.81. The predicted octanol–water partition coefficient (Wildman–Crippen LogP) is 2.03. The van der Waals surface area contributed by atoms with Gasteiger partial charge in [-0.1, -0.05) is 12.1 Å². The molecule has 0 saturated heterocycles. The molecule has 0 heterocycles. The highest BCUT2D eigenvalue weighted by Gasteiger charge is 2.22. The normalized spacial score (nSPS) is 12.2. The summed E-state index contributed by atoms with van der Waals surface area (Å²) in [5, 5.41) is 6.33. The molecule has 0 aromatic heterocycles. The maximum absolute atomic E-state index is 12.4. The summed E-state index contributed by atoms with van der Waals surface area (Å²) < 4.78 is 31.5. The zero-order valence-electron chi connectivity index (χ0n) is 16.2. The lowest BCUT2D eigenvalue weighted by atomic mass is 10.2. The van der Waals surface area contributed by atoms with Crippen molar-refractivity contribution in [3.05, 3.63) is 29.8 Å². The first kappa shape index (κ1) is 25.1. The minimum atomic E-state index is -3.45. The Labute approximate surface area is 174 Å². The first-order chi connectivity index (χ1) is 11.8. The van der Waals surface area contributed by atoms with Gasteiger partial charge in [-0.3, -0.25) is 4.99 Å². The number of hydrogen-bond acceptors (Lipinski definition) is 4. The van der Waals surface area contributed by atoms with E-state index in [1.807, 2.05) is 32.9 Å². The molecule has 0 spiro atoms. The molecule has 0 radical (unpaired) electrons. The highest BCUT2D eigenvalue weighted by atomic mass is 127. The van der Waals surface area contributed by atoms with Crippen molar-refractivity contribution in [3.63, 3.8) is 0 Å². The minimum absolute atomic E-state index is 0. The van der Waals surface area contributed by atoms with Crippen LogP contribution >= 0.6 is 24.0 Å². The third kappa shape index (κ3) is 7.77. The lowest BCUT2D eigenvalue weighted by Crippen LogP contribution is -2.38. The van der Waals surface area contributed by atoms with Crippen LogP contribution in [-0.4, -0.2) is 58.6 Å². The largest absolute Gasteiger partial charge is 0.380 e. The maximum Gasteiger partial charge on any atom is 0.243 e. The lowest BCUT2D eigenvalue weighted by Gasteiger charge is -2.21. The van der Waals surface area contributed by atoms with Gasteiger partial charge in [-0.25, -0.2) is 8.42 Å². The summed E-state index contributed by atoms with van der Waals surface area (Å²) >= 11 is 0. The SMILES string of the molecule is CCOCCNC(=NC)NCc1ccc(S(=O)(=O)N(C)C(C)C)cc1.I. The predicted molar refractivity (Wildman–Crippen MR) is 117 cm³/mol. The van der Waals surface area contributed by atoms with E-state index in [1.54, 1.807) is 26.2 Å². The number of halogens is 1.